The van der Waals surface area contributed by atoms with Crippen molar-refractivity contribution in [3.8, 4) is 0 Å². The standard InChI is InChI=1S/C13H12FNO/c14-10-3-1-9(2-4-10)13-11-6-8-16-12(11)5-7-15-13/h1-4,6,8,13,15H,5,7H2. The minimum absolute atomic E-state index is 0.128. The maximum atomic E-state index is 12.9. The lowest BCUT2D eigenvalue weighted by Gasteiger charge is -2.23. The predicted octanol–water partition coefficient (Wildman–Crippen LogP) is 2.65. The van der Waals surface area contributed by atoms with E-state index in [4.69, 9.17) is 4.42 Å². The molecule has 1 aliphatic heterocycles. The van der Waals surface area contributed by atoms with Crippen molar-refractivity contribution in [2.45, 2.75) is 12.5 Å². The maximum absolute atomic E-state index is 12.9. The zero-order valence-corrected chi connectivity index (χ0v) is 8.74. The lowest BCUT2D eigenvalue weighted by atomic mass is 9.95. The number of hydrogen-bond donors (Lipinski definition) is 1. The highest BCUT2D eigenvalue weighted by atomic mass is 19.1. The van der Waals surface area contributed by atoms with Crippen LogP contribution in [-0.2, 0) is 6.42 Å². The van der Waals surface area contributed by atoms with Crippen LogP contribution < -0.4 is 5.32 Å². The second-order valence-electron chi connectivity index (χ2n) is 3.99. The van der Waals surface area contributed by atoms with Crippen LogP contribution in [0.1, 0.15) is 22.9 Å². The van der Waals surface area contributed by atoms with Crippen molar-refractivity contribution < 1.29 is 8.81 Å². The van der Waals surface area contributed by atoms with Gasteiger partial charge in [0, 0.05) is 18.5 Å². The Labute approximate surface area is 93.1 Å². The van der Waals surface area contributed by atoms with Gasteiger partial charge in [0.1, 0.15) is 11.6 Å². The smallest absolute Gasteiger partial charge is 0.123 e. The van der Waals surface area contributed by atoms with E-state index >= 15 is 0 Å². The summed E-state index contributed by atoms with van der Waals surface area (Å²) in [5.74, 6) is 0.833. The van der Waals surface area contributed by atoms with Gasteiger partial charge in [0.05, 0.1) is 12.3 Å². The highest BCUT2D eigenvalue weighted by molar-refractivity contribution is 5.35. The summed E-state index contributed by atoms with van der Waals surface area (Å²) in [6.45, 7) is 0.891. The van der Waals surface area contributed by atoms with Crippen LogP contribution in [0.15, 0.2) is 41.0 Å². The Kier molecular flexibility index (Phi) is 2.26. The predicted molar refractivity (Wildman–Crippen MR) is 58.7 cm³/mol. The van der Waals surface area contributed by atoms with Gasteiger partial charge < -0.3 is 9.73 Å². The van der Waals surface area contributed by atoms with Gasteiger partial charge in [-0.2, -0.15) is 0 Å². The van der Waals surface area contributed by atoms with E-state index in [9.17, 15) is 4.39 Å². The van der Waals surface area contributed by atoms with Crippen LogP contribution in [0.3, 0.4) is 0 Å². The molecule has 0 saturated heterocycles. The number of rotatable bonds is 1. The van der Waals surface area contributed by atoms with Crippen molar-refractivity contribution >= 4 is 0 Å². The van der Waals surface area contributed by atoms with Crippen molar-refractivity contribution in [3.63, 3.8) is 0 Å². The number of benzene rings is 1. The van der Waals surface area contributed by atoms with Crippen molar-refractivity contribution in [3.05, 3.63) is 59.3 Å². The number of hydrogen-bond acceptors (Lipinski definition) is 2. The SMILES string of the molecule is Fc1ccc(C2NCCc3occc32)cc1. The van der Waals surface area contributed by atoms with Gasteiger partial charge in [0.15, 0.2) is 0 Å². The summed E-state index contributed by atoms with van der Waals surface area (Å²) in [6.07, 6.45) is 2.63. The molecule has 1 aliphatic rings. The first-order valence-electron chi connectivity index (χ1n) is 5.40. The fourth-order valence-electron chi connectivity index (χ4n) is 2.20. The van der Waals surface area contributed by atoms with E-state index in [1.807, 2.05) is 18.2 Å². The molecule has 0 bridgehead atoms. The average Bonchev–Trinajstić information content (AvgIpc) is 2.78. The minimum Gasteiger partial charge on any atom is -0.469 e. The third-order valence-corrected chi connectivity index (χ3v) is 2.99. The third-order valence-electron chi connectivity index (χ3n) is 2.99. The molecule has 0 radical (unpaired) electrons. The van der Waals surface area contributed by atoms with E-state index in [0.29, 0.717) is 0 Å². The van der Waals surface area contributed by atoms with Crippen LogP contribution in [0.5, 0.6) is 0 Å². The Bertz CT molecular complexity index is 489. The first-order valence-corrected chi connectivity index (χ1v) is 5.40. The van der Waals surface area contributed by atoms with Crippen LogP contribution in [0.25, 0.3) is 0 Å². The fraction of sp³-hybridized carbons (Fsp3) is 0.231. The average molecular weight is 217 g/mol. The first-order chi connectivity index (χ1) is 7.84. The van der Waals surface area contributed by atoms with E-state index in [1.165, 1.54) is 12.1 Å². The molecule has 0 saturated carbocycles. The second-order valence-corrected chi connectivity index (χ2v) is 3.99. The quantitative estimate of drug-likeness (QED) is 0.794. The van der Waals surface area contributed by atoms with Crippen molar-refractivity contribution in [1.29, 1.82) is 0 Å². The van der Waals surface area contributed by atoms with E-state index in [2.05, 4.69) is 5.32 Å². The highest BCUT2D eigenvalue weighted by Crippen LogP contribution is 2.29. The topological polar surface area (TPSA) is 25.2 Å². The number of nitrogens with one attached hydrogen (secondary N) is 1. The second kappa shape index (κ2) is 3.76. The molecule has 1 aromatic carbocycles. The normalized spacial score (nSPS) is 19.4. The lowest BCUT2D eigenvalue weighted by molar-refractivity contribution is 0.456. The van der Waals surface area contributed by atoms with Crippen LogP contribution in [0.2, 0.25) is 0 Å². The van der Waals surface area contributed by atoms with Crippen molar-refractivity contribution in [2.24, 2.45) is 0 Å². The van der Waals surface area contributed by atoms with Gasteiger partial charge >= 0.3 is 0 Å². The summed E-state index contributed by atoms with van der Waals surface area (Å²) in [5.41, 5.74) is 2.24. The molecule has 3 heteroatoms. The van der Waals surface area contributed by atoms with Gasteiger partial charge in [-0.15, -0.1) is 0 Å². The lowest BCUT2D eigenvalue weighted by Crippen LogP contribution is -2.29. The minimum atomic E-state index is -0.202. The first kappa shape index (κ1) is 9.60. The maximum Gasteiger partial charge on any atom is 0.123 e. The molecule has 2 heterocycles. The van der Waals surface area contributed by atoms with Gasteiger partial charge in [-0.1, -0.05) is 12.1 Å². The monoisotopic (exact) mass is 217 g/mol. The van der Waals surface area contributed by atoms with Gasteiger partial charge in [-0.3, -0.25) is 0 Å². The molecule has 82 valence electrons. The molecule has 0 fully saturated rings. The molecule has 1 aromatic heterocycles. The molecule has 0 amide bonds. The van der Waals surface area contributed by atoms with Crippen molar-refractivity contribution in [1.82, 2.24) is 5.32 Å². The Hall–Kier alpha value is -1.61. The van der Waals surface area contributed by atoms with E-state index < -0.39 is 0 Å². The molecular weight excluding hydrogens is 205 g/mol. The molecular formula is C13H12FNO. The fourth-order valence-corrected chi connectivity index (χ4v) is 2.20. The summed E-state index contributed by atoms with van der Waals surface area (Å²) >= 11 is 0. The molecule has 0 spiro atoms. The van der Waals surface area contributed by atoms with E-state index in [0.717, 1.165) is 29.9 Å². The number of furan rings is 1. The third kappa shape index (κ3) is 1.53. The zero-order chi connectivity index (χ0) is 11.0. The molecule has 2 nitrogen and oxygen atoms in total. The zero-order valence-electron chi connectivity index (χ0n) is 8.74. The summed E-state index contributed by atoms with van der Waals surface area (Å²) in [5, 5.41) is 3.41. The molecule has 1 unspecified atom stereocenters. The Morgan fingerprint density at radius 1 is 1.19 bits per heavy atom. The number of halogens is 1. The number of fused-ring (bicyclic) bond motifs is 1. The Morgan fingerprint density at radius 3 is 2.81 bits per heavy atom. The molecule has 1 N–H and O–H groups in total. The van der Waals surface area contributed by atoms with Crippen molar-refractivity contribution in [2.75, 3.05) is 6.54 Å². The summed E-state index contributed by atoms with van der Waals surface area (Å²) < 4.78 is 18.3. The molecule has 2 aromatic rings. The molecule has 1 atom stereocenters. The van der Waals surface area contributed by atoms with Gasteiger partial charge in [0.25, 0.3) is 0 Å². The summed E-state index contributed by atoms with van der Waals surface area (Å²) in [4.78, 5) is 0. The largest absolute Gasteiger partial charge is 0.469 e. The van der Waals surface area contributed by atoms with Crippen LogP contribution in [0.4, 0.5) is 4.39 Å². The van der Waals surface area contributed by atoms with Crippen LogP contribution in [-0.4, -0.2) is 6.54 Å². The molecule has 0 aliphatic carbocycles. The molecule has 16 heavy (non-hydrogen) atoms. The van der Waals surface area contributed by atoms with Gasteiger partial charge in [-0.25, -0.2) is 4.39 Å². The highest BCUT2D eigenvalue weighted by Gasteiger charge is 2.23. The van der Waals surface area contributed by atoms with E-state index in [-0.39, 0.29) is 11.9 Å². The van der Waals surface area contributed by atoms with E-state index in [1.54, 1.807) is 6.26 Å². The Morgan fingerprint density at radius 2 is 2.00 bits per heavy atom. The summed E-state index contributed by atoms with van der Waals surface area (Å²) in [7, 11) is 0. The summed E-state index contributed by atoms with van der Waals surface area (Å²) in [6, 6.07) is 8.72. The van der Waals surface area contributed by atoms with Gasteiger partial charge in [-0.05, 0) is 23.8 Å². The Balaban J connectivity index is 2.00. The van der Waals surface area contributed by atoms with Crippen LogP contribution >= 0.6 is 0 Å². The van der Waals surface area contributed by atoms with Gasteiger partial charge in [0.2, 0.25) is 0 Å². The van der Waals surface area contributed by atoms with Crippen LogP contribution in [0, 0.1) is 5.82 Å². The molecule has 3 rings (SSSR count).